The molecule has 0 amide bonds. The Hall–Kier alpha value is -0.510. The van der Waals surface area contributed by atoms with Crippen molar-refractivity contribution in [3.05, 3.63) is 35.2 Å². The predicted octanol–water partition coefficient (Wildman–Crippen LogP) is 4.18. The van der Waals surface area contributed by atoms with E-state index >= 15 is 0 Å². The van der Waals surface area contributed by atoms with Crippen molar-refractivity contribution in [2.45, 2.75) is 25.8 Å². The fourth-order valence-electron chi connectivity index (χ4n) is 2.20. The van der Waals surface area contributed by atoms with Gasteiger partial charge >= 0.3 is 0 Å². The highest BCUT2D eigenvalue weighted by Crippen LogP contribution is 2.26. The molecular formula is C15H21NS2. The van der Waals surface area contributed by atoms with Gasteiger partial charge in [0.1, 0.15) is 0 Å². The molecule has 2 aromatic rings. The molecule has 2 rings (SSSR count). The molecule has 1 aromatic carbocycles. The fraction of sp³-hybridized carbons (Fsp3) is 0.467. The van der Waals surface area contributed by atoms with Crippen LogP contribution >= 0.6 is 23.1 Å². The normalized spacial score (nSPS) is 13.0. The number of thioether (sulfide) groups is 1. The van der Waals surface area contributed by atoms with Gasteiger partial charge in [0.2, 0.25) is 0 Å². The van der Waals surface area contributed by atoms with E-state index in [9.17, 15) is 0 Å². The zero-order valence-corrected chi connectivity index (χ0v) is 12.7. The van der Waals surface area contributed by atoms with Crippen molar-refractivity contribution >= 4 is 33.2 Å². The van der Waals surface area contributed by atoms with Crippen LogP contribution in [0, 0.1) is 0 Å². The Kier molecular flexibility index (Phi) is 5.54. The Balaban J connectivity index is 2.10. The van der Waals surface area contributed by atoms with Gasteiger partial charge in [0, 0.05) is 16.5 Å². The first kappa shape index (κ1) is 13.9. The fourth-order valence-corrected chi connectivity index (χ4v) is 3.81. The van der Waals surface area contributed by atoms with Gasteiger partial charge in [0.05, 0.1) is 0 Å². The van der Waals surface area contributed by atoms with E-state index in [1.165, 1.54) is 27.8 Å². The molecule has 0 bridgehead atoms. The van der Waals surface area contributed by atoms with Crippen molar-refractivity contribution in [1.29, 1.82) is 0 Å². The Morgan fingerprint density at radius 2 is 2.17 bits per heavy atom. The topological polar surface area (TPSA) is 12.0 Å². The predicted molar refractivity (Wildman–Crippen MR) is 86.0 cm³/mol. The molecule has 1 unspecified atom stereocenters. The molecule has 1 atom stereocenters. The van der Waals surface area contributed by atoms with E-state index < -0.39 is 0 Å². The minimum atomic E-state index is 0.595. The first-order valence-corrected chi connectivity index (χ1v) is 8.80. The lowest BCUT2D eigenvalue weighted by Gasteiger charge is -2.17. The van der Waals surface area contributed by atoms with Gasteiger partial charge in [-0.3, -0.25) is 0 Å². The quantitative estimate of drug-likeness (QED) is 0.816. The van der Waals surface area contributed by atoms with Crippen molar-refractivity contribution < 1.29 is 0 Å². The zero-order chi connectivity index (χ0) is 12.8. The molecule has 0 fully saturated rings. The van der Waals surface area contributed by atoms with Crippen molar-refractivity contribution in [2.24, 2.45) is 0 Å². The molecule has 1 N–H and O–H groups in total. The average Bonchev–Trinajstić information content (AvgIpc) is 2.80. The summed E-state index contributed by atoms with van der Waals surface area (Å²) in [7, 11) is 0. The first-order chi connectivity index (χ1) is 8.85. The summed E-state index contributed by atoms with van der Waals surface area (Å²) in [6.07, 6.45) is 4.53. The third-order valence-electron chi connectivity index (χ3n) is 3.08. The number of nitrogens with one attached hydrogen (secondary N) is 1. The molecular weight excluding hydrogens is 258 g/mol. The maximum Gasteiger partial charge on any atom is 0.0345 e. The van der Waals surface area contributed by atoms with Gasteiger partial charge in [0.25, 0.3) is 0 Å². The highest BCUT2D eigenvalue weighted by Gasteiger charge is 2.11. The van der Waals surface area contributed by atoms with E-state index in [2.05, 4.69) is 48.1 Å². The minimum absolute atomic E-state index is 0.595. The van der Waals surface area contributed by atoms with Gasteiger partial charge in [-0.05, 0) is 48.0 Å². The lowest BCUT2D eigenvalue weighted by Crippen LogP contribution is -2.33. The van der Waals surface area contributed by atoms with Crippen LogP contribution in [0.5, 0.6) is 0 Å². The second-order valence-electron chi connectivity index (χ2n) is 4.57. The van der Waals surface area contributed by atoms with Crippen LogP contribution in [-0.2, 0) is 6.42 Å². The number of fused-ring (bicyclic) bond motifs is 1. The molecule has 0 aliphatic rings. The van der Waals surface area contributed by atoms with Crippen LogP contribution in [-0.4, -0.2) is 24.6 Å². The van der Waals surface area contributed by atoms with Crippen molar-refractivity contribution in [1.82, 2.24) is 5.32 Å². The molecule has 98 valence electrons. The number of hydrogen-bond donors (Lipinski definition) is 1. The Labute approximate surface area is 118 Å². The monoisotopic (exact) mass is 279 g/mol. The number of rotatable bonds is 7. The summed E-state index contributed by atoms with van der Waals surface area (Å²) in [5.74, 6) is 1.18. The van der Waals surface area contributed by atoms with Crippen LogP contribution in [0.25, 0.3) is 10.1 Å². The standard InChI is InChI=1S/C15H21NS2/c1-3-8-16-13(11-17-2)9-12-10-18-15-7-5-4-6-14(12)15/h4-7,10,13,16H,3,8-9,11H2,1-2H3. The summed E-state index contributed by atoms with van der Waals surface area (Å²) < 4.78 is 1.41. The van der Waals surface area contributed by atoms with Gasteiger partial charge < -0.3 is 5.32 Å². The highest BCUT2D eigenvalue weighted by atomic mass is 32.2. The summed E-state index contributed by atoms with van der Waals surface area (Å²) in [6.45, 7) is 3.34. The molecule has 1 nitrogen and oxygen atoms in total. The third kappa shape index (κ3) is 3.50. The third-order valence-corrected chi connectivity index (χ3v) is 4.83. The summed E-state index contributed by atoms with van der Waals surface area (Å²) in [4.78, 5) is 0. The lowest BCUT2D eigenvalue weighted by atomic mass is 10.1. The van der Waals surface area contributed by atoms with E-state index in [0.717, 1.165) is 13.0 Å². The smallest absolute Gasteiger partial charge is 0.0345 e. The average molecular weight is 279 g/mol. The van der Waals surface area contributed by atoms with E-state index in [0.29, 0.717) is 6.04 Å². The summed E-state index contributed by atoms with van der Waals surface area (Å²) >= 11 is 3.79. The van der Waals surface area contributed by atoms with Gasteiger partial charge in [0.15, 0.2) is 0 Å². The molecule has 1 heterocycles. The maximum atomic E-state index is 3.66. The SMILES string of the molecule is CCCNC(CSC)Cc1csc2ccccc12. The highest BCUT2D eigenvalue weighted by molar-refractivity contribution is 7.98. The van der Waals surface area contributed by atoms with Gasteiger partial charge in [-0.25, -0.2) is 0 Å². The Morgan fingerprint density at radius 3 is 2.94 bits per heavy atom. The lowest BCUT2D eigenvalue weighted by molar-refractivity contribution is 0.552. The van der Waals surface area contributed by atoms with E-state index in [1.54, 1.807) is 0 Å². The molecule has 0 radical (unpaired) electrons. The number of thiophene rings is 1. The summed E-state index contributed by atoms with van der Waals surface area (Å²) in [5, 5.41) is 7.42. The van der Waals surface area contributed by atoms with Crippen molar-refractivity contribution in [2.75, 3.05) is 18.6 Å². The molecule has 3 heteroatoms. The molecule has 0 saturated heterocycles. The second kappa shape index (κ2) is 7.17. The number of benzene rings is 1. The maximum absolute atomic E-state index is 3.66. The second-order valence-corrected chi connectivity index (χ2v) is 6.39. The van der Waals surface area contributed by atoms with Crippen LogP contribution in [0.3, 0.4) is 0 Å². The number of hydrogen-bond acceptors (Lipinski definition) is 3. The largest absolute Gasteiger partial charge is 0.313 e. The molecule has 0 aliphatic carbocycles. The van der Waals surface area contributed by atoms with E-state index in [4.69, 9.17) is 0 Å². The summed E-state index contributed by atoms with van der Waals surface area (Å²) in [5.41, 5.74) is 1.50. The molecule has 1 aromatic heterocycles. The van der Waals surface area contributed by atoms with Crippen LogP contribution in [0.4, 0.5) is 0 Å². The van der Waals surface area contributed by atoms with Crippen LogP contribution in [0.1, 0.15) is 18.9 Å². The van der Waals surface area contributed by atoms with Crippen LogP contribution in [0.2, 0.25) is 0 Å². The molecule has 18 heavy (non-hydrogen) atoms. The van der Waals surface area contributed by atoms with Gasteiger partial charge in [-0.15, -0.1) is 11.3 Å². The van der Waals surface area contributed by atoms with E-state index in [-0.39, 0.29) is 0 Å². The van der Waals surface area contributed by atoms with Crippen molar-refractivity contribution in [3.8, 4) is 0 Å². The summed E-state index contributed by atoms with van der Waals surface area (Å²) in [6, 6.07) is 9.32. The van der Waals surface area contributed by atoms with E-state index in [1.807, 2.05) is 23.1 Å². The first-order valence-electron chi connectivity index (χ1n) is 6.52. The molecule has 0 aliphatic heterocycles. The van der Waals surface area contributed by atoms with Gasteiger partial charge in [-0.2, -0.15) is 11.8 Å². The zero-order valence-electron chi connectivity index (χ0n) is 11.1. The molecule has 0 saturated carbocycles. The van der Waals surface area contributed by atoms with Crippen LogP contribution < -0.4 is 5.32 Å². The molecule has 0 spiro atoms. The van der Waals surface area contributed by atoms with Crippen molar-refractivity contribution in [3.63, 3.8) is 0 Å². The Bertz CT molecular complexity index is 478. The Morgan fingerprint density at radius 1 is 1.33 bits per heavy atom. The minimum Gasteiger partial charge on any atom is -0.313 e. The van der Waals surface area contributed by atoms with Gasteiger partial charge in [-0.1, -0.05) is 25.1 Å². The van der Waals surface area contributed by atoms with Crippen LogP contribution in [0.15, 0.2) is 29.6 Å².